The van der Waals surface area contributed by atoms with Crippen molar-refractivity contribution in [1.29, 1.82) is 0 Å². The minimum absolute atomic E-state index is 0.171. The summed E-state index contributed by atoms with van der Waals surface area (Å²) < 4.78 is 4.37. The van der Waals surface area contributed by atoms with Crippen molar-refractivity contribution in [2.24, 2.45) is 5.92 Å². The zero-order valence-electron chi connectivity index (χ0n) is 14.9. The zero-order chi connectivity index (χ0) is 19.2. The molecule has 1 aromatic carbocycles. The minimum atomic E-state index is -1.27. The van der Waals surface area contributed by atoms with Gasteiger partial charge in [0.05, 0.1) is 6.04 Å². The number of benzene rings is 1. The van der Waals surface area contributed by atoms with Gasteiger partial charge in [-0.15, -0.1) is 5.01 Å². The number of carboxylic acid groups (broad SMARTS) is 2. The van der Waals surface area contributed by atoms with E-state index in [1.54, 1.807) is 12.1 Å². The normalized spacial score (nSPS) is 28.7. The highest BCUT2D eigenvalue weighted by molar-refractivity contribution is 5.87. The second-order valence-corrected chi connectivity index (χ2v) is 7.58. The molecule has 2 fully saturated rings. The molecule has 0 saturated heterocycles. The van der Waals surface area contributed by atoms with E-state index in [2.05, 4.69) is 0 Å². The summed E-state index contributed by atoms with van der Waals surface area (Å²) in [5.74, 6) is -1.09. The molecule has 2 aliphatic carbocycles. The summed E-state index contributed by atoms with van der Waals surface area (Å²) in [7, 11) is 0. The van der Waals surface area contributed by atoms with E-state index in [1.165, 1.54) is 5.01 Å². The van der Waals surface area contributed by atoms with Crippen molar-refractivity contribution in [3.63, 3.8) is 0 Å². The molecule has 1 aliphatic heterocycles. The minimum Gasteiger partial charge on any atom is -0.479 e. The Morgan fingerprint density at radius 2 is 1.85 bits per heavy atom. The first kappa shape index (κ1) is 17.8. The zero-order valence-corrected chi connectivity index (χ0v) is 14.9. The van der Waals surface area contributed by atoms with Crippen LogP contribution in [-0.4, -0.2) is 52.1 Å². The Labute approximate surface area is 156 Å². The molecule has 0 radical (unpaired) electrons. The molecule has 2 N–H and O–H groups in total. The first-order chi connectivity index (χ1) is 13.0. The smallest absolute Gasteiger partial charge is 0.479 e. The Balaban J connectivity index is 1.86. The summed E-state index contributed by atoms with van der Waals surface area (Å²) >= 11 is 0. The van der Waals surface area contributed by atoms with Crippen LogP contribution in [0.4, 0.5) is 15.3 Å². The maximum Gasteiger partial charge on any atom is 0.544 e. The molecule has 144 valence electrons. The van der Waals surface area contributed by atoms with Crippen LogP contribution in [0.25, 0.3) is 0 Å². The lowest BCUT2D eigenvalue weighted by atomic mass is 9.86. The van der Waals surface area contributed by atoms with Crippen LogP contribution in [0.2, 0.25) is 0 Å². The van der Waals surface area contributed by atoms with Crippen molar-refractivity contribution in [3.8, 4) is 0 Å². The summed E-state index contributed by atoms with van der Waals surface area (Å²) in [5.41, 5.74) is 1.52. The number of carbonyl (C=O) groups is 3. The van der Waals surface area contributed by atoms with Crippen LogP contribution in [0.15, 0.2) is 24.3 Å². The molecule has 1 unspecified atom stereocenters. The molecule has 2 saturated carbocycles. The molecule has 0 spiro atoms. The number of fused-ring (bicyclic) bond motifs is 2. The Morgan fingerprint density at radius 1 is 1.11 bits per heavy atom. The fourth-order valence-electron chi connectivity index (χ4n) is 4.88. The van der Waals surface area contributed by atoms with Crippen LogP contribution in [-0.2, 0) is 16.0 Å². The Hall–Kier alpha value is -2.61. The highest BCUT2D eigenvalue weighted by Crippen LogP contribution is 2.50. The van der Waals surface area contributed by atoms with Crippen LogP contribution >= 0.6 is 0 Å². The number of amides is 2. The third kappa shape index (κ3) is 2.75. The molecule has 2 amide bonds. The number of aliphatic carboxylic acids is 1. The van der Waals surface area contributed by atoms with Crippen molar-refractivity contribution >= 4 is 23.8 Å². The lowest BCUT2D eigenvalue weighted by Gasteiger charge is -2.48. The summed E-state index contributed by atoms with van der Waals surface area (Å²) in [6, 6.07) is 6.86. The van der Waals surface area contributed by atoms with Crippen molar-refractivity contribution in [1.82, 2.24) is 9.60 Å². The lowest BCUT2D eigenvalue weighted by molar-refractivity contribution is -0.141. The van der Waals surface area contributed by atoms with Crippen molar-refractivity contribution in [3.05, 3.63) is 29.8 Å². The Bertz CT molecular complexity index is 792. The molecule has 4 rings (SSSR count). The molecule has 27 heavy (non-hydrogen) atoms. The molecule has 1 heterocycles. The standard InChI is InChI=1S/C19H22N2O6/c22-17(23)11-27-18(24)20(14-8-9-14)21(19(25)26)15-6-2-1-4-12(15)10-13-5-3-7-16(13)21/h1-2,4,6,13-14,16H,3,5,7-11H2,(H-,22,23,25,26)/p+1/t13-,16-,21?/m1/s1. The summed E-state index contributed by atoms with van der Waals surface area (Å²) in [5, 5.41) is 20.6. The molecule has 0 aromatic heterocycles. The SMILES string of the molecule is O=C(O)COC(=O)N(C1CC1)[N+]1(C(=O)O)c2ccccc2C[C@H]2CCC[C@H]21. The van der Waals surface area contributed by atoms with Crippen molar-refractivity contribution in [2.75, 3.05) is 6.61 Å². The molecule has 8 heteroatoms. The monoisotopic (exact) mass is 375 g/mol. The van der Waals surface area contributed by atoms with E-state index < -0.39 is 29.4 Å². The van der Waals surface area contributed by atoms with Crippen LogP contribution in [0.5, 0.6) is 0 Å². The van der Waals surface area contributed by atoms with E-state index in [1.807, 2.05) is 12.1 Å². The lowest BCUT2D eigenvalue weighted by Crippen LogP contribution is -2.74. The summed E-state index contributed by atoms with van der Waals surface area (Å²) in [6.07, 6.45) is 2.75. The van der Waals surface area contributed by atoms with Gasteiger partial charge in [0.2, 0.25) is 0 Å². The summed E-state index contributed by atoms with van der Waals surface area (Å²) in [4.78, 5) is 36.6. The number of carbonyl (C=O) groups excluding carboxylic acids is 1. The maximum atomic E-state index is 12.9. The van der Waals surface area contributed by atoms with E-state index in [0.717, 1.165) is 24.8 Å². The van der Waals surface area contributed by atoms with E-state index >= 15 is 0 Å². The summed E-state index contributed by atoms with van der Waals surface area (Å²) in [6.45, 7) is -0.780. The van der Waals surface area contributed by atoms with Gasteiger partial charge in [-0.25, -0.2) is 9.59 Å². The molecule has 3 atom stereocenters. The molecule has 8 nitrogen and oxygen atoms in total. The second-order valence-electron chi connectivity index (χ2n) is 7.58. The van der Waals surface area contributed by atoms with Gasteiger partial charge < -0.3 is 14.9 Å². The van der Waals surface area contributed by atoms with Gasteiger partial charge in [0, 0.05) is 24.0 Å². The van der Waals surface area contributed by atoms with Crippen LogP contribution in [0, 0.1) is 5.92 Å². The van der Waals surface area contributed by atoms with Gasteiger partial charge in [0.15, 0.2) is 12.3 Å². The fourth-order valence-corrected chi connectivity index (χ4v) is 4.88. The molecular weight excluding hydrogens is 352 g/mol. The predicted molar refractivity (Wildman–Crippen MR) is 94.9 cm³/mol. The first-order valence-electron chi connectivity index (χ1n) is 9.35. The van der Waals surface area contributed by atoms with Crippen LogP contribution < -0.4 is 4.59 Å². The highest BCUT2D eigenvalue weighted by Gasteiger charge is 2.65. The number of quaternary nitrogens is 1. The number of rotatable bonds is 3. The average Bonchev–Trinajstić information content (AvgIpc) is 3.35. The van der Waals surface area contributed by atoms with E-state index in [-0.39, 0.29) is 18.0 Å². The van der Waals surface area contributed by atoms with Gasteiger partial charge in [-0.2, -0.15) is 4.79 Å². The number of carboxylic acids is 1. The highest BCUT2D eigenvalue weighted by atomic mass is 16.6. The van der Waals surface area contributed by atoms with E-state index in [9.17, 15) is 19.5 Å². The third-order valence-corrected chi connectivity index (χ3v) is 5.97. The van der Waals surface area contributed by atoms with Crippen LogP contribution in [0.3, 0.4) is 0 Å². The van der Waals surface area contributed by atoms with Crippen molar-refractivity contribution in [2.45, 2.75) is 50.6 Å². The Morgan fingerprint density at radius 3 is 2.52 bits per heavy atom. The molecule has 0 bridgehead atoms. The molecule has 3 aliphatic rings. The van der Waals surface area contributed by atoms with Gasteiger partial charge >= 0.3 is 18.2 Å². The largest absolute Gasteiger partial charge is 0.544 e. The second kappa shape index (κ2) is 6.53. The number of hydrogen-bond acceptors (Lipinski definition) is 4. The average molecular weight is 375 g/mol. The van der Waals surface area contributed by atoms with Gasteiger partial charge in [-0.05, 0) is 32.1 Å². The maximum absolute atomic E-state index is 12.9. The predicted octanol–water partition coefficient (Wildman–Crippen LogP) is 3.00. The first-order valence-corrected chi connectivity index (χ1v) is 9.35. The van der Waals surface area contributed by atoms with Crippen LogP contribution in [0.1, 0.15) is 37.7 Å². The molecular formula is C19H23N2O6+. The number of para-hydroxylation sites is 1. The number of ether oxygens (including phenoxy) is 1. The quantitative estimate of drug-likeness (QED) is 0.787. The van der Waals surface area contributed by atoms with Gasteiger partial charge in [0.1, 0.15) is 6.04 Å². The van der Waals surface area contributed by atoms with Crippen molar-refractivity contribution < 1.29 is 29.3 Å². The topological polar surface area (TPSA) is 104 Å². The van der Waals surface area contributed by atoms with Gasteiger partial charge in [0.25, 0.3) is 0 Å². The number of nitrogens with zero attached hydrogens (tertiary/aromatic N) is 2. The van der Waals surface area contributed by atoms with E-state index in [4.69, 9.17) is 9.84 Å². The Kier molecular flexibility index (Phi) is 4.30. The molecule has 1 aromatic rings. The number of hydrogen-bond donors (Lipinski definition) is 2. The van der Waals surface area contributed by atoms with Gasteiger partial charge in [-0.3, -0.25) is 0 Å². The third-order valence-electron chi connectivity index (χ3n) is 5.97. The fraction of sp³-hybridized carbons (Fsp3) is 0.526. The van der Waals surface area contributed by atoms with Gasteiger partial charge in [-0.1, -0.05) is 22.8 Å². The van der Waals surface area contributed by atoms with E-state index in [0.29, 0.717) is 24.9 Å².